The number of carbonyl (C=O) groups excluding carboxylic acids is 2. The molecule has 0 saturated heterocycles. The van der Waals surface area contributed by atoms with Crippen molar-refractivity contribution < 1.29 is 69.6 Å². The third-order valence-corrected chi connectivity index (χ3v) is 6.57. The van der Waals surface area contributed by atoms with Gasteiger partial charge in [-0.05, 0) is 30.0 Å². The first kappa shape index (κ1) is 32.8. The minimum absolute atomic E-state index is 0. The molecule has 0 radical (unpaired) electrons. The number of carbonyl (C=O) groups is 4. The topological polar surface area (TPSA) is 153 Å². The number of fused-ring (bicyclic) bond motifs is 1. The minimum Gasteiger partial charge on any atom is -1.00 e. The van der Waals surface area contributed by atoms with Crippen LogP contribution in [0, 0.1) is 0 Å². The number of carboxylic acids is 2. The summed E-state index contributed by atoms with van der Waals surface area (Å²) in [5.41, 5.74) is 5.92. The normalized spacial score (nSPS) is 16.9. The average Bonchev–Trinajstić information content (AvgIpc) is 2.99. The Kier molecular flexibility index (Phi) is 13.2. The fourth-order valence-corrected chi connectivity index (χ4v) is 4.52. The fourth-order valence-electron chi connectivity index (χ4n) is 4.52. The highest BCUT2D eigenvalue weighted by molar-refractivity contribution is 6.01. The van der Waals surface area contributed by atoms with Crippen molar-refractivity contribution in [2.45, 2.75) is 43.8 Å². The molecule has 2 unspecified atom stereocenters. The molecule has 1 aliphatic rings. The largest absolute Gasteiger partial charge is 1.00 e. The number of aliphatic carboxylic acids is 2. The van der Waals surface area contributed by atoms with Crippen molar-refractivity contribution in [3.63, 3.8) is 0 Å². The average molecular weight is 570 g/mol. The molecular weight excluding hydrogens is 537 g/mol. The summed E-state index contributed by atoms with van der Waals surface area (Å²) >= 11 is 0. The monoisotopic (exact) mass is 569 g/mol. The molecular formula is C26H33Cl2N3O7. The number of hydrogen-bond donors (Lipinski definition) is 4. The Morgan fingerprint density at radius 2 is 1.71 bits per heavy atom. The number of hydrogen-bond acceptors (Lipinski definition) is 5. The van der Waals surface area contributed by atoms with Crippen LogP contribution in [0.5, 0.6) is 0 Å². The number of amides is 1. The number of aryl methyl sites for hydroxylation is 2. The lowest BCUT2D eigenvalue weighted by molar-refractivity contribution is -0.913. The van der Waals surface area contributed by atoms with E-state index in [2.05, 4.69) is 5.73 Å². The molecule has 4 atom stereocenters. The second-order valence-electron chi connectivity index (χ2n) is 9.02. The minimum atomic E-state index is -1.18. The maximum absolute atomic E-state index is 13.6. The lowest BCUT2D eigenvalue weighted by Gasteiger charge is -2.31. The zero-order valence-corrected chi connectivity index (χ0v) is 22.5. The molecule has 0 aromatic heterocycles. The number of ether oxygens (including phenoxy) is 1. The van der Waals surface area contributed by atoms with Gasteiger partial charge in [-0.15, -0.1) is 0 Å². The van der Waals surface area contributed by atoms with E-state index in [1.807, 2.05) is 42.5 Å². The zero-order valence-electron chi connectivity index (χ0n) is 21.0. The van der Waals surface area contributed by atoms with Gasteiger partial charge in [0.1, 0.15) is 6.54 Å². The highest BCUT2D eigenvalue weighted by Crippen LogP contribution is 2.26. The van der Waals surface area contributed by atoms with Gasteiger partial charge in [0, 0.05) is 18.5 Å². The summed E-state index contributed by atoms with van der Waals surface area (Å²) in [6, 6.07) is 14.2. The van der Waals surface area contributed by atoms with Crippen molar-refractivity contribution in [1.82, 2.24) is 0 Å². The lowest BCUT2D eigenvalue weighted by atomic mass is 10.0. The number of anilines is 1. The third kappa shape index (κ3) is 8.42. The Bertz CT molecular complexity index is 1100. The van der Waals surface area contributed by atoms with E-state index in [-0.39, 0.29) is 37.3 Å². The molecule has 38 heavy (non-hydrogen) atoms. The number of likely N-dealkylation sites (N-methyl/N-ethyl adjacent to an activating group) is 1. The molecule has 0 bridgehead atoms. The van der Waals surface area contributed by atoms with Gasteiger partial charge in [-0.2, -0.15) is 0 Å². The number of quaternary nitrogens is 2. The molecule has 1 aliphatic heterocycles. The fraction of sp³-hybridized carbons (Fsp3) is 0.385. The van der Waals surface area contributed by atoms with Gasteiger partial charge < -0.3 is 50.4 Å². The summed E-state index contributed by atoms with van der Waals surface area (Å²) in [5.74, 6) is -3.30. The van der Waals surface area contributed by atoms with Crippen molar-refractivity contribution in [3.8, 4) is 0 Å². The van der Waals surface area contributed by atoms with Crippen LogP contribution in [-0.2, 0) is 36.8 Å². The Morgan fingerprint density at radius 1 is 1.08 bits per heavy atom. The van der Waals surface area contributed by atoms with Gasteiger partial charge in [0.05, 0.1) is 7.05 Å². The maximum Gasteiger partial charge on any atom is 0.366 e. The smallest absolute Gasteiger partial charge is 0.366 e. The highest BCUT2D eigenvalue weighted by Gasteiger charge is 2.42. The summed E-state index contributed by atoms with van der Waals surface area (Å²) < 4.78 is 5.33. The number of benzene rings is 2. The number of nitrogens with one attached hydrogen (secondary N) is 1. The maximum atomic E-state index is 13.6. The number of rotatable bonds is 11. The van der Waals surface area contributed by atoms with Crippen molar-refractivity contribution in [1.29, 1.82) is 0 Å². The van der Waals surface area contributed by atoms with E-state index in [0.717, 1.165) is 11.1 Å². The van der Waals surface area contributed by atoms with Gasteiger partial charge >= 0.3 is 17.9 Å². The number of para-hydroxylation sites is 1. The summed E-state index contributed by atoms with van der Waals surface area (Å²) in [7, 11) is 1.73. The molecule has 6 N–H and O–H groups in total. The standard InChI is InChI=1S/C26H31N3O7.2ClH/c1-28(21-14-12-18-9-5-6-10-20(18)29(24(21)32)15-23(30)31)22(13-11-17-7-3-2-4-8-17)26(35)36-16-19(27)25(33)34;;/h2-10,19,21-22H,11-16,27H2,1H3,(H,30,31)(H,33,34);2*1H/t19-,21+,22?;;/m0../s1. The molecule has 2 aromatic rings. The van der Waals surface area contributed by atoms with E-state index >= 15 is 0 Å². The third-order valence-electron chi connectivity index (χ3n) is 6.57. The number of carboxylic acid groups (broad SMARTS) is 2. The van der Waals surface area contributed by atoms with Gasteiger partial charge in [-0.25, -0.2) is 9.59 Å². The molecule has 0 fully saturated rings. The Balaban J connectivity index is 0.00000361. The number of nitrogens with zero attached hydrogens (tertiary/aromatic N) is 1. The van der Waals surface area contributed by atoms with Crippen LogP contribution < -0.4 is 40.3 Å². The first-order valence-corrected chi connectivity index (χ1v) is 11.9. The predicted molar refractivity (Wildman–Crippen MR) is 129 cm³/mol. The van der Waals surface area contributed by atoms with Crippen LogP contribution >= 0.6 is 0 Å². The van der Waals surface area contributed by atoms with Crippen LogP contribution in [-0.4, -0.2) is 72.4 Å². The molecule has 12 heteroatoms. The Labute approximate surface area is 233 Å². The van der Waals surface area contributed by atoms with Crippen molar-refractivity contribution in [2.75, 3.05) is 25.1 Å². The molecule has 2 aromatic carbocycles. The van der Waals surface area contributed by atoms with Gasteiger partial charge in [-0.3, -0.25) is 14.5 Å². The van der Waals surface area contributed by atoms with Crippen molar-refractivity contribution in [3.05, 3.63) is 65.7 Å². The molecule has 10 nitrogen and oxygen atoms in total. The molecule has 0 saturated carbocycles. The summed E-state index contributed by atoms with van der Waals surface area (Å²) in [6.45, 7) is -0.862. The van der Waals surface area contributed by atoms with E-state index < -0.39 is 42.6 Å². The lowest BCUT2D eigenvalue weighted by Crippen LogP contribution is -3.19. The Morgan fingerprint density at radius 3 is 2.34 bits per heavy atom. The second kappa shape index (κ2) is 15.3. The molecule has 0 aliphatic carbocycles. The van der Waals surface area contributed by atoms with Crippen LogP contribution in [0.2, 0.25) is 0 Å². The van der Waals surface area contributed by atoms with Gasteiger partial charge in [-0.1, -0.05) is 48.5 Å². The number of esters is 1. The van der Waals surface area contributed by atoms with Crippen molar-refractivity contribution >= 4 is 29.5 Å². The number of halogens is 2. The van der Waals surface area contributed by atoms with E-state index in [1.165, 1.54) is 4.90 Å². The van der Waals surface area contributed by atoms with Crippen molar-refractivity contribution in [2.24, 2.45) is 0 Å². The van der Waals surface area contributed by atoms with E-state index in [1.54, 1.807) is 19.2 Å². The van der Waals surface area contributed by atoms with Gasteiger partial charge in [0.15, 0.2) is 18.7 Å². The van der Waals surface area contributed by atoms with E-state index in [9.17, 15) is 24.3 Å². The summed E-state index contributed by atoms with van der Waals surface area (Å²) in [6.07, 6.45) is 1.87. The van der Waals surface area contributed by atoms with Gasteiger partial charge in [0.2, 0.25) is 6.04 Å². The van der Waals surface area contributed by atoms with Crippen LogP contribution in [0.15, 0.2) is 54.6 Å². The molecule has 1 heterocycles. The molecule has 1 amide bonds. The quantitative estimate of drug-likeness (QED) is 0.196. The van der Waals surface area contributed by atoms with Crippen LogP contribution in [0.3, 0.4) is 0 Å². The first-order valence-electron chi connectivity index (χ1n) is 11.9. The van der Waals surface area contributed by atoms with E-state index in [4.69, 9.17) is 9.84 Å². The van der Waals surface area contributed by atoms with Crippen LogP contribution in [0.1, 0.15) is 24.0 Å². The predicted octanol–water partition coefficient (Wildman–Crippen LogP) is -6.82. The van der Waals surface area contributed by atoms with E-state index in [0.29, 0.717) is 36.3 Å². The summed E-state index contributed by atoms with van der Waals surface area (Å²) in [4.78, 5) is 51.4. The summed E-state index contributed by atoms with van der Waals surface area (Å²) in [5, 5.41) is 18.6. The molecule has 3 rings (SSSR count). The zero-order chi connectivity index (χ0) is 26.2. The highest BCUT2D eigenvalue weighted by atomic mass is 35.5. The first-order chi connectivity index (χ1) is 17.2. The second-order valence-corrected chi connectivity index (χ2v) is 9.02. The Hall–Kier alpha value is -3.18. The van der Waals surface area contributed by atoms with Gasteiger partial charge in [0.25, 0.3) is 5.91 Å². The molecule has 0 spiro atoms. The SMILES string of the molecule is C[NH+](C(CCc1ccccc1)C(=O)OC[C@H]([NH3+])C(=O)O)[C@@H]1CCc2ccccc2N(CC(=O)O)C1=O.[Cl-].[Cl-]. The van der Waals surface area contributed by atoms with Crippen LogP contribution in [0.25, 0.3) is 0 Å². The molecule has 208 valence electrons. The van der Waals surface area contributed by atoms with Crippen LogP contribution in [0.4, 0.5) is 5.69 Å².